The molecule has 284 valence electrons. The molecular formula is C48H72N3O+. The number of fused-ring (bicyclic) bond motifs is 2. The van der Waals surface area contributed by atoms with E-state index in [4.69, 9.17) is 0 Å². The molecular weight excluding hydrogens is 635 g/mol. The predicted molar refractivity (Wildman–Crippen MR) is 225 cm³/mol. The van der Waals surface area contributed by atoms with E-state index in [0.717, 1.165) is 38.8 Å². The van der Waals surface area contributed by atoms with E-state index in [1.165, 1.54) is 117 Å². The second-order valence-corrected chi connectivity index (χ2v) is 16.4. The molecule has 2 aromatic rings. The Hall–Kier alpha value is -3.40. The average molecular weight is 707 g/mol. The van der Waals surface area contributed by atoms with Gasteiger partial charge in [-0.3, -0.25) is 4.79 Å². The third-order valence-corrected chi connectivity index (χ3v) is 11.6. The Bertz CT molecular complexity index is 1520. The molecule has 4 rings (SSSR count). The van der Waals surface area contributed by atoms with Gasteiger partial charge in [0.2, 0.25) is 11.6 Å². The van der Waals surface area contributed by atoms with Crippen LogP contribution in [0.1, 0.15) is 161 Å². The number of carbonyl (C=O) groups is 1. The normalized spacial score (nSPS) is 16.8. The zero-order chi connectivity index (χ0) is 37.2. The summed E-state index contributed by atoms with van der Waals surface area (Å²) in [5.41, 5.74) is 7.93. The van der Waals surface area contributed by atoms with Crippen molar-refractivity contribution in [3.63, 3.8) is 0 Å². The molecule has 0 atom stereocenters. The van der Waals surface area contributed by atoms with Gasteiger partial charge in [-0.05, 0) is 50.8 Å². The molecule has 1 N–H and O–H groups in total. The highest BCUT2D eigenvalue weighted by Gasteiger charge is 2.42. The van der Waals surface area contributed by atoms with Gasteiger partial charge in [-0.15, -0.1) is 0 Å². The van der Waals surface area contributed by atoms with Crippen LogP contribution >= 0.6 is 0 Å². The Balaban J connectivity index is 1.14. The van der Waals surface area contributed by atoms with Crippen LogP contribution in [0.2, 0.25) is 0 Å². The molecule has 52 heavy (non-hydrogen) atoms. The topological polar surface area (TPSA) is 35.4 Å². The second kappa shape index (κ2) is 21.3. The van der Waals surface area contributed by atoms with Crippen molar-refractivity contribution < 1.29 is 9.37 Å². The SMILES string of the molecule is CCCCCCCCCCCCCCCCNC(=O)CCCCCN1C(=CC=CC=CC2=[N+](C)c3ccccc3C2(C)C)C(C)(C)c2ccccc21. The van der Waals surface area contributed by atoms with Crippen molar-refractivity contribution in [3.05, 3.63) is 95.7 Å². The average Bonchev–Trinajstić information content (AvgIpc) is 3.47. The van der Waals surface area contributed by atoms with Crippen LogP contribution in [-0.4, -0.2) is 36.3 Å². The number of hydrogen-bond donors (Lipinski definition) is 1. The van der Waals surface area contributed by atoms with E-state index in [1.807, 2.05) is 0 Å². The summed E-state index contributed by atoms with van der Waals surface area (Å²) in [5.74, 6) is 0.218. The Labute approximate surface area is 318 Å². The maximum atomic E-state index is 12.5. The number of rotatable bonds is 24. The quantitative estimate of drug-likeness (QED) is 0.0670. The number of nitrogens with zero attached hydrogens (tertiary/aromatic N) is 2. The molecule has 2 aromatic carbocycles. The fourth-order valence-corrected chi connectivity index (χ4v) is 8.41. The Kier molecular flexibility index (Phi) is 17.0. The van der Waals surface area contributed by atoms with Crippen LogP contribution in [0, 0.1) is 0 Å². The van der Waals surface area contributed by atoms with Crippen molar-refractivity contribution in [2.24, 2.45) is 0 Å². The molecule has 0 fully saturated rings. The first-order valence-electron chi connectivity index (χ1n) is 21.1. The predicted octanol–water partition coefficient (Wildman–Crippen LogP) is 12.6. The van der Waals surface area contributed by atoms with Crippen LogP contribution in [0.3, 0.4) is 0 Å². The molecule has 0 radical (unpaired) electrons. The summed E-state index contributed by atoms with van der Waals surface area (Å²) in [6, 6.07) is 17.6. The molecule has 2 heterocycles. The highest BCUT2D eigenvalue weighted by molar-refractivity contribution is 6.03. The van der Waals surface area contributed by atoms with E-state index in [-0.39, 0.29) is 16.7 Å². The number of benzene rings is 2. The van der Waals surface area contributed by atoms with E-state index in [9.17, 15) is 4.79 Å². The fourth-order valence-electron chi connectivity index (χ4n) is 8.41. The number of hydrogen-bond acceptors (Lipinski definition) is 2. The third kappa shape index (κ3) is 11.5. The molecule has 0 spiro atoms. The van der Waals surface area contributed by atoms with Gasteiger partial charge in [0.25, 0.3) is 0 Å². The van der Waals surface area contributed by atoms with Crippen molar-refractivity contribution in [2.75, 3.05) is 25.0 Å². The van der Waals surface area contributed by atoms with Crippen LogP contribution in [0.25, 0.3) is 0 Å². The summed E-state index contributed by atoms with van der Waals surface area (Å²) >= 11 is 0. The number of nitrogens with one attached hydrogen (secondary N) is 1. The zero-order valence-corrected chi connectivity index (χ0v) is 34.0. The van der Waals surface area contributed by atoms with Crippen molar-refractivity contribution in [3.8, 4) is 0 Å². The van der Waals surface area contributed by atoms with Crippen LogP contribution in [-0.2, 0) is 15.6 Å². The largest absolute Gasteiger partial charge is 0.356 e. The first-order valence-corrected chi connectivity index (χ1v) is 21.1. The van der Waals surface area contributed by atoms with Crippen molar-refractivity contribution in [1.82, 2.24) is 5.32 Å². The number of unbranched alkanes of at least 4 members (excludes halogenated alkanes) is 15. The molecule has 2 aliphatic rings. The Morgan fingerprint density at radius 3 is 1.90 bits per heavy atom. The first kappa shape index (κ1) is 41.4. The van der Waals surface area contributed by atoms with Gasteiger partial charge in [-0.2, -0.15) is 4.58 Å². The molecule has 0 saturated carbocycles. The third-order valence-electron chi connectivity index (χ3n) is 11.6. The van der Waals surface area contributed by atoms with Crippen LogP contribution in [0.15, 0.2) is 84.6 Å². The zero-order valence-electron chi connectivity index (χ0n) is 34.0. The first-order chi connectivity index (χ1) is 25.2. The second-order valence-electron chi connectivity index (χ2n) is 16.4. The molecule has 0 bridgehead atoms. The van der Waals surface area contributed by atoms with Gasteiger partial charge in [0.05, 0.1) is 5.41 Å². The van der Waals surface area contributed by atoms with Gasteiger partial charge in [0.15, 0.2) is 5.71 Å². The summed E-state index contributed by atoms with van der Waals surface area (Å²) in [5, 5.41) is 3.18. The Morgan fingerprint density at radius 1 is 0.673 bits per heavy atom. The number of allylic oxidation sites excluding steroid dienone is 6. The number of para-hydroxylation sites is 2. The lowest BCUT2D eigenvalue weighted by molar-refractivity contribution is -0.401. The molecule has 1 amide bonds. The number of amides is 1. The smallest absolute Gasteiger partial charge is 0.219 e. The minimum atomic E-state index is -0.0676. The molecule has 0 unspecified atom stereocenters. The fraction of sp³-hybridized carbons (Fsp3) is 0.583. The maximum Gasteiger partial charge on any atom is 0.219 e. The lowest BCUT2D eigenvalue weighted by Crippen LogP contribution is -2.27. The highest BCUT2D eigenvalue weighted by atomic mass is 16.1. The van der Waals surface area contributed by atoms with E-state index in [0.29, 0.717) is 6.42 Å². The Morgan fingerprint density at radius 2 is 1.25 bits per heavy atom. The van der Waals surface area contributed by atoms with Crippen LogP contribution in [0.4, 0.5) is 11.4 Å². The van der Waals surface area contributed by atoms with Gasteiger partial charge < -0.3 is 10.2 Å². The summed E-state index contributed by atoms with van der Waals surface area (Å²) in [4.78, 5) is 15.0. The van der Waals surface area contributed by atoms with Crippen molar-refractivity contribution in [1.29, 1.82) is 0 Å². The van der Waals surface area contributed by atoms with Crippen molar-refractivity contribution >= 4 is 23.0 Å². The summed E-state index contributed by atoms with van der Waals surface area (Å²) in [6.07, 6.45) is 33.9. The van der Waals surface area contributed by atoms with Gasteiger partial charge in [-0.25, -0.2) is 0 Å². The number of anilines is 1. The van der Waals surface area contributed by atoms with Gasteiger partial charge in [0, 0.05) is 54.0 Å². The lowest BCUT2D eigenvalue weighted by atomic mass is 9.81. The lowest BCUT2D eigenvalue weighted by Gasteiger charge is -2.27. The van der Waals surface area contributed by atoms with Gasteiger partial charge in [-0.1, -0.05) is 165 Å². The van der Waals surface area contributed by atoms with Gasteiger partial charge in [0.1, 0.15) is 7.05 Å². The summed E-state index contributed by atoms with van der Waals surface area (Å²) in [6.45, 7) is 13.4. The standard InChI is InChI=1S/C48H71N3O/c1-7-8-9-10-11-12-13-14-15-16-17-18-19-29-38-49-46(52)37-24-21-30-39-51-43-34-28-26-32-41(43)48(4,5)45(51)36-23-20-22-35-44-47(2,3)40-31-25-27-33-42(40)50(44)6/h20,22-23,25-28,31-36H,7-19,21,24,29-30,37-39H2,1-6H3/p+1. The summed E-state index contributed by atoms with van der Waals surface area (Å²) in [7, 11) is 2.17. The molecule has 0 aliphatic carbocycles. The van der Waals surface area contributed by atoms with E-state index in [1.54, 1.807) is 0 Å². The van der Waals surface area contributed by atoms with Crippen LogP contribution < -0.4 is 10.2 Å². The van der Waals surface area contributed by atoms with Gasteiger partial charge >= 0.3 is 0 Å². The summed E-state index contributed by atoms with van der Waals surface area (Å²) < 4.78 is 2.32. The van der Waals surface area contributed by atoms with E-state index in [2.05, 4.69) is 135 Å². The minimum Gasteiger partial charge on any atom is -0.356 e. The maximum absolute atomic E-state index is 12.5. The van der Waals surface area contributed by atoms with E-state index >= 15 is 0 Å². The monoisotopic (exact) mass is 707 g/mol. The molecule has 4 heteroatoms. The molecule has 0 saturated heterocycles. The molecule has 4 nitrogen and oxygen atoms in total. The van der Waals surface area contributed by atoms with Crippen LogP contribution in [0.5, 0.6) is 0 Å². The molecule has 2 aliphatic heterocycles. The molecule has 0 aromatic heterocycles. The highest BCUT2D eigenvalue weighted by Crippen LogP contribution is 2.47. The number of carbonyl (C=O) groups excluding carboxylic acids is 1. The minimum absolute atomic E-state index is 0.0214. The van der Waals surface area contributed by atoms with Crippen molar-refractivity contribution in [2.45, 2.75) is 161 Å². The van der Waals surface area contributed by atoms with E-state index < -0.39 is 0 Å².